The fourth-order valence-electron chi connectivity index (χ4n) is 1.70. The van der Waals surface area contributed by atoms with Gasteiger partial charge in [-0.15, -0.1) is 0 Å². The minimum absolute atomic E-state index is 0.0352. The van der Waals surface area contributed by atoms with Crippen molar-refractivity contribution in [2.24, 2.45) is 0 Å². The fraction of sp³-hybridized carbons (Fsp3) is 0.0667. The Morgan fingerprint density at radius 1 is 1.23 bits per heavy atom. The molecular formula is C15H10Cl2FN3O. The predicted molar refractivity (Wildman–Crippen MR) is 84.7 cm³/mol. The van der Waals surface area contributed by atoms with Gasteiger partial charge in [-0.1, -0.05) is 23.2 Å². The summed E-state index contributed by atoms with van der Waals surface area (Å²) in [5.74, 6) is -0.909. The summed E-state index contributed by atoms with van der Waals surface area (Å²) in [5, 5.41) is 14.7. The van der Waals surface area contributed by atoms with Crippen molar-refractivity contribution in [1.29, 1.82) is 5.26 Å². The first-order chi connectivity index (χ1) is 10.5. The quantitative estimate of drug-likeness (QED) is 0.884. The summed E-state index contributed by atoms with van der Waals surface area (Å²) in [4.78, 5) is 11.9. The van der Waals surface area contributed by atoms with Crippen molar-refractivity contribution in [2.75, 3.05) is 17.2 Å². The summed E-state index contributed by atoms with van der Waals surface area (Å²) in [6.45, 7) is -0.0701. The molecule has 0 atom stereocenters. The Hall–Kier alpha value is -2.29. The molecule has 0 saturated heterocycles. The third-order valence-electron chi connectivity index (χ3n) is 2.75. The highest BCUT2D eigenvalue weighted by atomic mass is 35.5. The third kappa shape index (κ3) is 4.10. The highest BCUT2D eigenvalue weighted by Gasteiger charge is 2.08. The summed E-state index contributed by atoms with van der Waals surface area (Å²) >= 11 is 11.5. The van der Waals surface area contributed by atoms with Crippen molar-refractivity contribution in [2.45, 2.75) is 0 Å². The topological polar surface area (TPSA) is 64.9 Å². The van der Waals surface area contributed by atoms with E-state index in [9.17, 15) is 9.18 Å². The van der Waals surface area contributed by atoms with E-state index in [1.165, 1.54) is 30.3 Å². The maximum atomic E-state index is 13.0. The van der Waals surface area contributed by atoms with Crippen LogP contribution in [-0.4, -0.2) is 12.5 Å². The number of nitriles is 1. The van der Waals surface area contributed by atoms with Crippen LogP contribution in [0.3, 0.4) is 0 Å². The minimum atomic E-state index is -0.533. The molecule has 1 amide bonds. The Morgan fingerprint density at radius 2 is 2.00 bits per heavy atom. The second kappa shape index (κ2) is 7.12. The first kappa shape index (κ1) is 16.1. The molecule has 0 unspecified atom stereocenters. The lowest BCUT2D eigenvalue weighted by Crippen LogP contribution is -2.22. The molecule has 2 rings (SSSR count). The number of anilines is 2. The molecule has 2 aromatic rings. The Morgan fingerprint density at radius 3 is 2.68 bits per heavy atom. The van der Waals surface area contributed by atoms with E-state index in [0.29, 0.717) is 22.0 Å². The summed E-state index contributed by atoms with van der Waals surface area (Å²) in [6, 6.07) is 10.6. The van der Waals surface area contributed by atoms with Crippen LogP contribution < -0.4 is 10.6 Å². The maximum Gasteiger partial charge on any atom is 0.243 e. The van der Waals surface area contributed by atoms with E-state index in [-0.39, 0.29) is 17.5 Å². The molecule has 4 nitrogen and oxygen atoms in total. The molecule has 0 radical (unpaired) electrons. The largest absolute Gasteiger partial charge is 0.376 e. The lowest BCUT2D eigenvalue weighted by molar-refractivity contribution is -0.114. The van der Waals surface area contributed by atoms with Crippen LogP contribution in [0.25, 0.3) is 0 Å². The number of rotatable bonds is 4. The third-order valence-corrected chi connectivity index (χ3v) is 3.27. The number of benzene rings is 2. The molecule has 0 aliphatic heterocycles. The Bertz CT molecular complexity index is 759. The van der Waals surface area contributed by atoms with Crippen LogP contribution in [0, 0.1) is 17.1 Å². The summed E-state index contributed by atoms with van der Waals surface area (Å²) < 4.78 is 13.0. The van der Waals surface area contributed by atoms with E-state index in [1.54, 1.807) is 6.07 Å². The van der Waals surface area contributed by atoms with E-state index >= 15 is 0 Å². The van der Waals surface area contributed by atoms with Crippen molar-refractivity contribution in [1.82, 2.24) is 0 Å². The molecule has 22 heavy (non-hydrogen) atoms. The van der Waals surface area contributed by atoms with Crippen molar-refractivity contribution >= 4 is 40.5 Å². The van der Waals surface area contributed by atoms with Crippen LogP contribution in [0.2, 0.25) is 10.0 Å². The van der Waals surface area contributed by atoms with Crippen molar-refractivity contribution in [3.8, 4) is 6.07 Å². The monoisotopic (exact) mass is 337 g/mol. The maximum absolute atomic E-state index is 13.0. The lowest BCUT2D eigenvalue weighted by atomic mass is 10.2. The second-order valence-electron chi connectivity index (χ2n) is 4.33. The first-order valence-corrected chi connectivity index (χ1v) is 6.93. The molecule has 0 aromatic heterocycles. The zero-order valence-electron chi connectivity index (χ0n) is 11.2. The predicted octanol–water partition coefficient (Wildman–Crippen LogP) is 4.05. The number of carbonyl (C=O) groups is 1. The molecule has 0 aliphatic carbocycles. The Kier molecular flexibility index (Phi) is 5.21. The summed E-state index contributed by atoms with van der Waals surface area (Å²) in [5.41, 5.74) is 1.15. The number of nitrogens with zero attached hydrogens (tertiary/aromatic N) is 1. The zero-order chi connectivity index (χ0) is 16.1. The molecule has 2 aromatic carbocycles. The van der Waals surface area contributed by atoms with Crippen LogP contribution in [0.5, 0.6) is 0 Å². The molecule has 0 heterocycles. The van der Waals surface area contributed by atoms with Gasteiger partial charge in [-0.2, -0.15) is 5.26 Å². The number of hydrogen-bond acceptors (Lipinski definition) is 3. The highest BCUT2D eigenvalue weighted by molar-refractivity contribution is 6.31. The van der Waals surface area contributed by atoms with Crippen molar-refractivity contribution in [3.05, 3.63) is 57.8 Å². The van der Waals surface area contributed by atoms with Crippen LogP contribution in [0.4, 0.5) is 15.8 Å². The molecule has 0 spiro atoms. The average molecular weight is 338 g/mol. The van der Waals surface area contributed by atoms with Gasteiger partial charge in [0.25, 0.3) is 0 Å². The number of amides is 1. The molecule has 7 heteroatoms. The van der Waals surface area contributed by atoms with Crippen molar-refractivity contribution < 1.29 is 9.18 Å². The van der Waals surface area contributed by atoms with Gasteiger partial charge in [-0.3, -0.25) is 4.79 Å². The van der Waals surface area contributed by atoms with Crippen LogP contribution in [-0.2, 0) is 4.79 Å². The Balaban J connectivity index is 2.00. The molecular weight excluding hydrogens is 328 g/mol. The second-order valence-corrected chi connectivity index (χ2v) is 5.18. The van der Waals surface area contributed by atoms with E-state index in [4.69, 9.17) is 28.5 Å². The summed E-state index contributed by atoms with van der Waals surface area (Å²) in [7, 11) is 0. The van der Waals surface area contributed by atoms with Crippen LogP contribution in [0.15, 0.2) is 36.4 Å². The first-order valence-electron chi connectivity index (χ1n) is 6.18. The fourth-order valence-corrected chi connectivity index (χ4v) is 2.05. The Labute approximate surface area is 136 Å². The smallest absolute Gasteiger partial charge is 0.243 e. The van der Waals surface area contributed by atoms with Gasteiger partial charge in [0.05, 0.1) is 22.8 Å². The molecule has 0 saturated carbocycles. The van der Waals surface area contributed by atoms with E-state index in [1.807, 2.05) is 6.07 Å². The molecule has 2 N–H and O–H groups in total. The van der Waals surface area contributed by atoms with E-state index in [2.05, 4.69) is 10.6 Å². The van der Waals surface area contributed by atoms with Gasteiger partial charge in [0.15, 0.2) is 0 Å². The number of halogens is 3. The normalized spacial score (nSPS) is 9.91. The van der Waals surface area contributed by atoms with Gasteiger partial charge in [0.2, 0.25) is 5.91 Å². The minimum Gasteiger partial charge on any atom is -0.376 e. The van der Waals surface area contributed by atoms with Gasteiger partial charge in [0, 0.05) is 10.7 Å². The van der Waals surface area contributed by atoms with Crippen LogP contribution in [0.1, 0.15) is 5.56 Å². The van der Waals surface area contributed by atoms with Gasteiger partial charge >= 0.3 is 0 Å². The van der Waals surface area contributed by atoms with Gasteiger partial charge < -0.3 is 10.6 Å². The number of nitrogens with one attached hydrogen (secondary N) is 2. The van der Waals surface area contributed by atoms with E-state index < -0.39 is 5.82 Å². The average Bonchev–Trinajstić information content (AvgIpc) is 2.49. The standard InChI is InChI=1S/C15H10Cl2FN3O/c16-10-2-1-9(7-19)14(5-10)21-15(22)8-20-11-3-4-13(18)12(17)6-11/h1-6,20H,8H2,(H,21,22). The van der Waals surface area contributed by atoms with Gasteiger partial charge in [-0.05, 0) is 36.4 Å². The van der Waals surface area contributed by atoms with E-state index in [0.717, 1.165) is 0 Å². The molecule has 0 bridgehead atoms. The highest BCUT2D eigenvalue weighted by Crippen LogP contribution is 2.21. The lowest BCUT2D eigenvalue weighted by Gasteiger charge is -2.09. The summed E-state index contributed by atoms with van der Waals surface area (Å²) in [6.07, 6.45) is 0. The van der Waals surface area contributed by atoms with Crippen molar-refractivity contribution in [3.63, 3.8) is 0 Å². The number of carbonyl (C=O) groups excluding carboxylic acids is 1. The SMILES string of the molecule is N#Cc1ccc(Cl)cc1NC(=O)CNc1ccc(F)c(Cl)c1. The number of hydrogen-bond donors (Lipinski definition) is 2. The van der Waals surface area contributed by atoms with Gasteiger partial charge in [-0.25, -0.2) is 4.39 Å². The molecule has 0 fully saturated rings. The van der Waals surface area contributed by atoms with Crippen LogP contribution >= 0.6 is 23.2 Å². The zero-order valence-corrected chi connectivity index (χ0v) is 12.7. The molecule has 112 valence electrons. The molecule has 0 aliphatic rings. The van der Waals surface area contributed by atoms with Gasteiger partial charge in [0.1, 0.15) is 11.9 Å².